The molecule has 38 heavy (non-hydrogen) atoms. The highest BCUT2D eigenvalue weighted by Gasteiger charge is 2.15. The summed E-state index contributed by atoms with van der Waals surface area (Å²) < 4.78 is 4.64. The molecule has 0 aliphatic rings. The van der Waals surface area contributed by atoms with Gasteiger partial charge in [-0.05, 0) is 78.9 Å². The molecule has 3 nitrogen and oxygen atoms in total. The van der Waals surface area contributed by atoms with Gasteiger partial charge in [-0.2, -0.15) is 0 Å². The van der Waals surface area contributed by atoms with Gasteiger partial charge in [0, 0.05) is 32.9 Å². The summed E-state index contributed by atoms with van der Waals surface area (Å²) >= 11 is 0. The molecule has 0 amide bonds. The average Bonchev–Trinajstić information content (AvgIpc) is 3.48. The second-order valence-electron chi connectivity index (χ2n) is 9.58. The number of nitrogens with zero attached hydrogens (tertiary/aromatic N) is 2. The molecule has 0 atom stereocenters. The summed E-state index contributed by atoms with van der Waals surface area (Å²) in [5.74, 6) is 0. The molecule has 0 saturated carbocycles. The van der Waals surface area contributed by atoms with Gasteiger partial charge < -0.3 is 14.9 Å². The fraction of sp³-hybridized carbons (Fsp3) is 0.0286. The predicted molar refractivity (Wildman–Crippen MR) is 162 cm³/mol. The molecule has 2 aromatic heterocycles. The van der Waals surface area contributed by atoms with Gasteiger partial charge in [0.2, 0.25) is 0 Å². The summed E-state index contributed by atoms with van der Waals surface area (Å²) in [4.78, 5) is 0. The lowest BCUT2D eigenvalue weighted by Gasteiger charge is -2.09. The topological polar surface area (TPSA) is 35.9 Å². The van der Waals surface area contributed by atoms with Crippen molar-refractivity contribution in [3.63, 3.8) is 0 Å². The second kappa shape index (κ2) is 8.82. The van der Waals surface area contributed by atoms with Crippen LogP contribution in [-0.4, -0.2) is 9.13 Å². The average molecular weight is 490 g/mol. The summed E-state index contributed by atoms with van der Waals surface area (Å²) in [5, 5.41) is 4.98. The third-order valence-electron chi connectivity index (χ3n) is 7.51. The zero-order valence-electron chi connectivity index (χ0n) is 21.2. The highest BCUT2D eigenvalue weighted by atomic mass is 15.0. The van der Waals surface area contributed by atoms with E-state index in [0.29, 0.717) is 0 Å². The summed E-state index contributed by atoms with van der Waals surface area (Å²) in [7, 11) is 0. The molecule has 182 valence electrons. The van der Waals surface area contributed by atoms with Crippen molar-refractivity contribution >= 4 is 49.3 Å². The highest BCUT2D eigenvalue weighted by Crippen LogP contribution is 2.38. The van der Waals surface area contributed by atoms with Crippen molar-refractivity contribution in [2.24, 2.45) is 5.73 Å². The van der Waals surface area contributed by atoms with Crippen LogP contribution in [0.25, 0.3) is 66.1 Å². The molecular formula is C35H27N3. The van der Waals surface area contributed by atoms with Crippen molar-refractivity contribution in [3.8, 4) is 16.8 Å². The molecule has 7 aromatic rings. The van der Waals surface area contributed by atoms with E-state index in [9.17, 15) is 0 Å². The summed E-state index contributed by atoms with van der Waals surface area (Å²) in [5.41, 5.74) is 15.2. The Bertz CT molecular complexity index is 2030. The van der Waals surface area contributed by atoms with Gasteiger partial charge in [-0.1, -0.05) is 72.8 Å². The summed E-state index contributed by atoms with van der Waals surface area (Å²) in [6.45, 7) is 2.05. The van der Waals surface area contributed by atoms with Crippen molar-refractivity contribution in [1.29, 1.82) is 0 Å². The van der Waals surface area contributed by atoms with E-state index < -0.39 is 0 Å². The molecule has 0 aliphatic heterocycles. The first-order chi connectivity index (χ1) is 18.8. The van der Waals surface area contributed by atoms with E-state index >= 15 is 0 Å². The van der Waals surface area contributed by atoms with Gasteiger partial charge in [-0.25, -0.2) is 0 Å². The van der Waals surface area contributed by atoms with Crippen molar-refractivity contribution in [1.82, 2.24) is 9.13 Å². The maximum Gasteiger partial charge on any atom is 0.0541 e. The molecule has 0 radical (unpaired) electrons. The number of aromatic nitrogens is 2. The van der Waals surface area contributed by atoms with Gasteiger partial charge in [-0.15, -0.1) is 0 Å². The Balaban J connectivity index is 1.46. The number of rotatable bonds is 4. The van der Waals surface area contributed by atoms with Crippen molar-refractivity contribution in [2.75, 3.05) is 0 Å². The van der Waals surface area contributed by atoms with E-state index in [2.05, 4.69) is 130 Å². The summed E-state index contributed by atoms with van der Waals surface area (Å²) in [6.07, 6.45) is 5.65. The molecule has 0 spiro atoms. The maximum atomic E-state index is 5.79. The Morgan fingerprint density at radius 2 is 1.11 bits per heavy atom. The van der Waals surface area contributed by atoms with Gasteiger partial charge in [0.25, 0.3) is 0 Å². The van der Waals surface area contributed by atoms with Crippen LogP contribution >= 0.6 is 0 Å². The molecule has 2 N–H and O–H groups in total. The van der Waals surface area contributed by atoms with Crippen molar-refractivity contribution in [3.05, 3.63) is 134 Å². The molecule has 0 unspecified atom stereocenters. The Kier molecular flexibility index (Phi) is 5.15. The minimum atomic E-state index is 1.06. The van der Waals surface area contributed by atoms with Crippen LogP contribution in [-0.2, 0) is 0 Å². The zero-order chi connectivity index (χ0) is 25.6. The molecule has 5 aromatic carbocycles. The predicted octanol–water partition coefficient (Wildman–Crippen LogP) is 8.89. The van der Waals surface area contributed by atoms with E-state index in [0.717, 1.165) is 5.70 Å². The third kappa shape index (κ3) is 3.29. The van der Waals surface area contributed by atoms with Crippen LogP contribution in [0.4, 0.5) is 0 Å². The minimum absolute atomic E-state index is 1.06. The first-order valence-electron chi connectivity index (χ1n) is 13.0. The number of hydrogen-bond donors (Lipinski definition) is 1. The monoisotopic (exact) mass is 489 g/mol. The molecule has 3 heteroatoms. The minimum Gasteiger partial charge on any atom is -0.405 e. The standard InChI is InChI=1S/C35H27N3/c1-2-26(20-21-36)37-32-14-8-6-12-28(32)30-22-24(16-18-34(30)37)25-17-19-35-31(23-25)29-13-7-9-15-33(29)38(35)27-10-4-3-5-11-27/h2-23H,36H2,1H3/b21-20-,26-2+. The van der Waals surface area contributed by atoms with Gasteiger partial charge in [0.1, 0.15) is 0 Å². The van der Waals surface area contributed by atoms with Crippen LogP contribution in [0.3, 0.4) is 0 Å². The quantitative estimate of drug-likeness (QED) is 0.246. The molecule has 7 rings (SSSR count). The van der Waals surface area contributed by atoms with E-state index in [4.69, 9.17) is 5.73 Å². The van der Waals surface area contributed by atoms with E-state index in [-0.39, 0.29) is 0 Å². The number of nitrogens with two attached hydrogens (primary N) is 1. The van der Waals surface area contributed by atoms with Crippen LogP contribution in [0.1, 0.15) is 6.92 Å². The van der Waals surface area contributed by atoms with E-state index in [1.54, 1.807) is 6.20 Å². The van der Waals surface area contributed by atoms with Crippen LogP contribution in [0.5, 0.6) is 0 Å². The lowest BCUT2D eigenvalue weighted by Crippen LogP contribution is -1.95. The van der Waals surface area contributed by atoms with Crippen LogP contribution in [0.2, 0.25) is 0 Å². The van der Waals surface area contributed by atoms with E-state index in [1.165, 1.54) is 60.4 Å². The second-order valence-corrected chi connectivity index (χ2v) is 9.58. The first-order valence-corrected chi connectivity index (χ1v) is 13.0. The Hall–Kier alpha value is -5.02. The molecule has 0 saturated heterocycles. The normalized spacial score (nSPS) is 12.5. The van der Waals surface area contributed by atoms with Crippen LogP contribution in [0, 0.1) is 0 Å². The number of allylic oxidation sites excluding steroid dienone is 3. The van der Waals surface area contributed by atoms with Crippen molar-refractivity contribution < 1.29 is 0 Å². The van der Waals surface area contributed by atoms with Gasteiger partial charge >= 0.3 is 0 Å². The van der Waals surface area contributed by atoms with Crippen LogP contribution < -0.4 is 5.73 Å². The largest absolute Gasteiger partial charge is 0.405 e. The van der Waals surface area contributed by atoms with E-state index in [1.807, 2.05) is 13.0 Å². The van der Waals surface area contributed by atoms with Crippen molar-refractivity contribution in [2.45, 2.75) is 6.92 Å². The Labute approximate surface area is 221 Å². The first kappa shape index (κ1) is 22.2. The lowest BCUT2D eigenvalue weighted by molar-refractivity contribution is 1.18. The SMILES string of the molecule is C/C=C(\C=C/N)n1c2ccccc2c2cc(-c3ccc4c(c3)c3ccccc3n4-c3ccccc3)ccc21. The lowest BCUT2D eigenvalue weighted by atomic mass is 10.0. The smallest absolute Gasteiger partial charge is 0.0541 e. The molecule has 2 heterocycles. The molecule has 0 fully saturated rings. The summed E-state index contributed by atoms with van der Waals surface area (Å²) in [6, 6.07) is 41.5. The molecule has 0 aliphatic carbocycles. The zero-order valence-corrected chi connectivity index (χ0v) is 21.2. The third-order valence-corrected chi connectivity index (χ3v) is 7.51. The Morgan fingerprint density at radius 1 is 0.579 bits per heavy atom. The number of fused-ring (bicyclic) bond motifs is 6. The maximum absolute atomic E-state index is 5.79. The number of benzene rings is 5. The fourth-order valence-electron chi connectivity index (χ4n) is 5.84. The van der Waals surface area contributed by atoms with Gasteiger partial charge in [-0.3, -0.25) is 0 Å². The molecule has 0 bridgehead atoms. The Morgan fingerprint density at radius 3 is 1.79 bits per heavy atom. The number of para-hydroxylation sites is 3. The number of hydrogen-bond acceptors (Lipinski definition) is 1. The van der Waals surface area contributed by atoms with Gasteiger partial charge in [0.15, 0.2) is 0 Å². The van der Waals surface area contributed by atoms with Gasteiger partial charge in [0.05, 0.1) is 22.1 Å². The highest BCUT2D eigenvalue weighted by molar-refractivity contribution is 6.13. The van der Waals surface area contributed by atoms with Crippen LogP contribution in [0.15, 0.2) is 134 Å². The fourth-order valence-corrected chi connectivity index (χ4v) is 5.84. The molecular weight excluding hydrogens is 462 g/mol.